The number of rotatable bonds is 3. The van der Waals surface area contributed by atoms with E-state index in [9.17, 15) is 4.39 Å². The Morgan fingerprint density at radius 3 is 2.62 bits per heavy atom. The van der Waals surface area contributed by atoms with Crippen molar-refractivity contribution in [3.8, 4) is 5.75 Å². The van der Waals surface area contributed by atoms with E-state index in [1.807, 2.05) is 0 Å². The lowest BCUT2D eigenvalue weighted by Gasteiger charge is -2.14. The zero-order valence-corrected chi connectivity index (χ0v) is 9.58. The summed E-state index contributed by atoms with van der Waals surface area (Å²) >= 11 is 0. The summed E-state index contributed by atoms with van der Waals surface area (Å²) in [5, 5.41) is 0. The second-order valence-electron chi connectivity index (χ2n) is 4.50. The zero-order valence-electron chi connectivity index (χ0n) is 9.58. The lowest BCUT2D eigenvalue weighted by molar-refractivity contribution is 0.209. The van der Waals surface area contributed by atoms with Crippen molar-refractivity contribution in [2.45, 2.75) is 44.8 Å². The van der Waals surface area contributed by atoms with Crippen molar-refractivity contribution >= 4 is 0 Å². The van der Waals surface area contributed by atoms with Gasteiger partial charge >= 0.3 is 0 Å². The molecule has 0 radical (unpaired) electrons. The Labute approximate surface area is 95.6 Å². The predicted octanol–water partition coefficient (Wildman–Crippen LogP) is 3.17. The molecule has 0 bridgehead atoms. The van der Waals surface area contributed by atoms with Gasteiger partial charge in [0, 0.05) is 17.7 Å². The fourth-order valence-corrected chi connectivity index (χ4v) is 2.15. The van der Waals surface area contributed by atoms with E-state index in [1.165, 1.54) is 18.9 Å². The minimum absolute atomic E-state index is 0.264. The molecule has 1 aliphatic rings. The van der Waals surface area contributed by atoms with Gasteiger partial charge in [0.1, 0.15) is 11.6 Å². The average Bonchev–Trinajstić information content (AvgIpc) is 2.70. The van der Waals surface area contributed by atoms with Gasteiger partial charge in [-0.05, 0) is 38.7 Å². The van der Waals surface area contributed by atoms with Gasteiger partial charge in [-0.2, -0.15) is 0 Å². The highest BCUT2D eigenvalue weighted by Crippen LogP contribution is 2.26. The van der Waals surface area contributed by atoms with Crippen LogP contribution >= 0.6 is 0 Å². The number of ether oxygens (including phenoxy) is 1. The summed E-state index contributed by atoms with van der Waals surface area (Å²) in [6.45, 7) is 1.77. The average molecular weight is 223 g/mol. The first-order valence-corrected chi connectivity index (χ1v) is 5.88. The van der Waals surface area contributed by atoms with Crippen molar-refractivity contribution in [1.29, 1.82) is 0 Å². The van der Waals surface area contributed by atoms with Gasteiger partial charge in [-0.3, -0.25) is 0 Å². The number of nitrogens with two attached hydrogens (primary N) is 1. The normalized spacial score (nSPS) is 18.7. The SMILES string of the molecule is C[C@@H](N)c1ccc(OC2CCCC2)cc1F. The van der Waals surface area contributed by atoms with Gasteiger partial charge in [-0.25, -0.2) is 4.39 Å². The predicted molar refractivity (Wildman–Crippen MR) is 61.9 cm³/mol. The van der Waals surface area contributed by atoms with Crippen LogP contribution in [-0.2, 0) is 0 Å². The molecule has 0 spiro atoms. The fraction of sp³-hybridized carbons (Fsp3) is 0.538. The van der Waals surface area contributed by atoms with Gasteiger partial charge in [-0.1, -0.05) is 6.07 Å². The highest BCUT2D eigenvalue weighted by Gasteiger charge is 2.17. The molecule has 0 heterocycles. The quantitative estimate of drug-likeness (QED) is 0.854. The summed E-state index contributed by atoms with van der Waals surface area (Å²) < 4.78 is 19.3. The summed E-state index contributed by atoms with van der Waals surface area (Å²) in [5.74, 6) is 0.347. The van der Waals surface area contributed by atoms with E-state index < -0.39 is 0 Å². The largest absolute Gasteiger partial charge is 0.490 e. The first kappa shape index (κ1) is 11.4. The highest BCUT2D eigenvalue weighted by molar-refractivity contribution is 5.30. The van der Waals surface area contributed by atoms with Crippen LogP contribution in [0.3, 0.4) is 0 Å². The van der Waals surface area contributed by atoms with Gasteiger partial charge in [0.2, 0.25) is 0 Å². The molecule has 0 aliphatic heterocycles. The number of benzene rings is 1. The van der Waals surface area contributed by atoms with E-state index in [0.717, 1.165) is 12.8 Å². The van der Waals surface area contributed by atoms with Crippen molar-refractivity contribution in [2.75, 3.05) is 0 Å². The maximum absolute atomic E-state index is 13.6. The van der Waals surface area contributed by atoms with Crippen LogP contribution in [0.2, 0.25) is 0 Å². The third-order valence-corrected chi connectivity index (χ3v) is 3.07. The Morgan fingerprint density at radius 1 is 1.38 bits per heavy atom. The van der Waals surface area contributed by atoms with E-state index in [-0.39, 0.29) is 18.0 Å². The molecule has 1 atom stereocenters. The zero-order chi connectivity index (χ0) is 11.5. The third-order valence-electron chi connectivity index (χ3n) is 3.07. The molecular weight excluding hydrogens is 205 g/mol. The molecule has 1 saturated carbocycles. The molecule has 88 valence electrons. The minimum Gasteiger partial charge on any atom is -0.490 e. The Hall–Kier alpha value is -1.09. The molecule has 3 heteroatoms. The van der Waals surface area contributed by atoms with Crippen LogP contribution in [0.25, 0.3) is 0 Å². The Morgan fingerprint density at radius 2 is 2.06 bits per heavy atom. The topological polar surface area (TPSA) is 35.2 Å². The van der Waals surface area contributed by atoms with Crippen molar-refractivity contribution in [3.63, 3.8) is 0 Å². The molecule has 1 fully saturated rings. The van der Waals surface area contributed by atoms with Crippen molar-refractivity contribution in [1.82, 2.24) is 0 Å². The molecule has 0 unspecified atom stereocenters. The monoisotopic (exact) mass is 223 g/mol. The Bertz CT molecular complexity index is 359. The van der Waals surface area contributed by atoms with E-state index in [2.05, 4.69) is 0 Å². The van der Waals surface area contributed by atoms with Gasteiger partial charge in [-0.15, -0.1) is 0 Å². The van der Waals surface area contributed by atoms with E-state index in [1.54, 1.807) is 19.1 Å². The molecule has 0 saturated heterocycles. The number of halogens is 1. The standard InChI is InChI=1S/C13H18FNO/c1-9(15)12-7-6-11(8-13(12)14)16-10-4-2-3-5-10/h6-10H,2-5,15H2,1H3/t9-/m1/s1. The number of hydrogen-bond donors (Lipinski definition) is 1. The first-order valence-electron chi connectivity index (χ1n) is 5.88. The van der Waals surface area contributed by atoms with Crippen LogP contribution in [0, 0.1) is 5.82 Å². The van der Waals surface area contributed by atoms with E-state index in [0.29, 0.717) is 11.3 Å². The Balaban J connectivity index is 2.08. The van der Waals surface area contributed by atoms with Crippen molar-refractivity contribution in [2.24, 2.45) is 5.73 Å². The maximum Gasteiger partial charge on any atom is 0.131 e. The van der Waals surface area contributed by atoms with Crippen LogP contribution in [-0.4, -0.2) is 6.10 Å². The lowest BCUT2D eigenvalue weighted by Crippen LogP contribution is -2.12. The smallest absolute Gasteiger partial charge is 0.131 e. The molecule has 2 rings (SSSR count). The summed E-state index contributed by atoms with van der Waals surface area (Å²) in [4.78, 5) is 0. The number of hydrogen-bond acceptors (Lipinski definition) is 2. The van der Waals surface area contributed by atoms with Crippen LogP contribution in [0.5, 0.6) is 5.75 Å². The van der Waals surface area contributed by atoms with E-state index >= 15 is 0 Å². The molecule has 2 nitrogen and oxygen atoms in total. The van der Waals surface area contributed by atoms with Gasteiger partial charge in [0.05, 0.1) is 6.10 Å². The van der Waals surface area contributed by atoms with E-state index in [4.69, 9.17) is 10.5 Å². The molecule has 1 aromatic rings. The van der Waals surface area contributed by atoms with Crippen LogP contribution in [0.1, 0.15) is 44.2 Å². The molecule has 2 N–H and O–H groups in total. The van der Waals surface area contributed by atoms with Crippen LogP contribution in [0.15, 0.2) is 18.2 Å². The summed E-state index contributed by atoms with van der Waals surface area (Å²) in [7, 11) is 0. The minimum atomic E-state index is -0.277. The highest BCUT2D eigenvalue weighted by atomic mass is 19.1. The fourth-order valence-electron chi connectivity index (χ4n) is 2.15. The Kier molecular flexibility index (Phi) is 3.44. The second-order valence-corrected chi connectivity index (χ2v) is 4.50. The van der Waals surface area contributed by atoms with Gasteiger partial charge < -0.3 is 10.5 Å². The molecule has 1 aliphatic carbocycles. The lowest BCUT2D eigenvalue weighted by atomic mass is 10.1. The van der Waals surface area contributed by atoms with Gasteiger partial charge in [0.25, 0.3) is 0 Å². The molecule has 0 aromatic heterocycles. The second kappa shape index (κ2) is 4.83. The molecule has 1 aromatic carbocycles. The first-order chi connectivity index (χ1) is 7.66. The molecular formula is C13H18FNO. The van der Waals surface area contributed by atoms with Crippen LogP contribution < -0.4 is 10.5 Å². The third kappa shape index (κ3) is 2.53. The van der Waals surface area contributed by atoms with Crippen LogP contribution in [0.4, 0.5) is 4.39 Å². The van der Waals surface area contributed by atoms with Gasteiger partial charge in [0.15, 0.2) is 0 Å². The maximum atomic E-state index is 13.6. The summed E-state index contributed by atoms with van der Waals surface area (Å²) in [6.07, 6.45) is 4.85. The summed E-state index contributed by atoms with van der Waals surface area (Å²) in [5.41, 5.74) is 6.19. The molecule has 16 heavy (non-hydrogen) atoms. The van der Waals surface area contributed by atoms with Crippen molar-refractivity contribution < 1.29 is 9.13 Å². The summed E-state index contributed by atoms with van der Waals surface area (Å²) in [6, 6.07) is 4.68. The van der Waals surface area contributed by atoms with Crippen molar-refractivity contribution in [3.05, 3.63) is 29.6 Å². The molecule has 0 amide bonds.